The van der Waals surface area contributed by atoms with Gasteiger partial charge in [-0.05, 0) is 30.9 Å². The molecule has 1 aliphatic carbocycles. The van der Waals surface area contributed by atoms with Gasteiger partial charge in [0, 0.05) is 33.1 Å². The van der Waals surface area contributed by atoms with E-state index in [0.29, 0.717) is 30.8 Å². The van der Waals surface area contributed by atoms with Crippen molar-refractivity contribution in [3.63, 3.8) is 0 Å². The van der Waals surface area contributed by atoms with Crippen LogP contribution in [0.1, 0.15) is 84.5 Å². The molecule has 25 heavy (non-hydrogen) atoms. The van der Waals surface area contributed by atoms with Crippen molar-refractivity contribution in [3.05, 3.63) is 23.2 Å². The minimum Gasteiger partial charge on any atom is -0.431 e. The summed E-state index contributed by atoms with van der Waals surface area (Å²) in [4.78, 5) is 32.6. The predicted molar refractivity (Wildman–Crippen MR) is 95.5 cm³/mol. The van der Waals surface area contributed by atoms with E-state index in [4.69, 9.17) is 9.47 Å². The van der Waals surface area contributed by atoms with Crippen LogP contribution in [-0.2, 0) is 23.9 Å². The fourth-order valence-electron chi connectivity index (χ4n) is 2.94. The second kappa shape index (κ2) is 12.5. The van der Waals surface area contributed by atoms with Crippen LogP contribution in [-0.4, -0.2) is 18.2 Å². The molecule has 0 aromatic heterocycles. The molecule has 0 spiro atoms. The van der Waals surface area contributed by atoms with Gasteiger partial charge in [0.25, 0.3) is 0 Å². The summed E-state index contributed by atoms with van der Waals surface area (Å²) in [6.07, 6.45) is 13.2. The molecule has 0 atom stereocenters. The number of carbonyl (C=O) groups is 3. The summed E-state index contributed by atoms with van der Waals surface area (Å²) in [5, 5.41) is 0. The normalized spacial score (nSPS) is 14.1. The van der Waals surface area contributed by atoms with E-state index in [2.05, 4.69) is 0 Å². The molecule has 0 aliphatic heterocycles. The van der Waals surface area contributed by atoms with Gasteiger partial charge in [-0.3, -0.25) is 9.59 Å². The van der Waals surface area contributed by atoms with E-state index in [1.54, 1.807) is 0 Å². The molecule has 0 fully saturated rings. The molecular formula is C20H30O5. The maximum absolute atomic E-state index is 11.3. The highest BCUT2D eigenvalue weighted by Crippen LogP contribution is 2.29. The summed E-state index contributed by atoms with van der Waals surface area (Å²) in [7, 11) is 0. The molecule has 0 saturated heterocycles. The van der Waals surface area contributed by atoms with Gasteiger partial charge in [0.2, 0.25) is 0 Å². The third-order valence-electron chi connectivity index (χ3n) is 4.10. The van der Waals surface area contributed by atoms with E-state index < -0.39 is 0 Å². The van der Waals surface area contributed by atoms with E-state index in [-0.39, 0.29) is 11.9 Å². The molecule has 1 aliphatic rings. The molecule has 5 heteroatoms. The Bertz CT molecular complexity index is 516. The van der Waals surface area contributed by atoms with E-state index in [0.717, 1.165) is 50.4 Å². The van der Waals surface area contributed by atoms with E-state index in [1.807, 2.05) is 6.08 Å². The Balaban J connectivity index is 2.40. The standard InChI is InChI=1S/C20H30O5/c1-16(22)24-19-12-13-20(25-17(2)23)18(15-19)11-9-7-5-3-4-6-8-10-14-21/h14-15H,3-13H2,1-2H3. The Kier molecular flexibility index (Phi) is 10.5. The average Bonchev–Trinajstić information content (AvgIpc) is 2.54. The SMILES string of the molecule is CC(=O)OC1=CC(CCCCCCCCCC=O)=C(OC(C)=O)CC1. The Morgan fingerprint density at radius 3 is 2.12 bits per heavy atom. The van der Waals surface area contributed by atoms with Crippen molar-refractivity contribution in [1.29, 1.82) is 0 Å². The number of allylic oxidation sites excluding steroid dienone is 4. The van der Waals surface area contributed by atoms with E-state index in [1.165, 1.54) is 26.7 Å². The lowest BCUT2D eigenvalue weighted by Gasteiger charge is -2.19. The first-order valence-corrected chi connectivity index (χ1v) is 9.26. The zero-order valence-electron chi connectivity index (χ0n) is 15.5. The second-order valence-corrected chi connectivity index (χ2v) is 6.43. The van der Waals surface area contributed by atoms with Gasteiger partial charge in [-0.25, -0.2) is 0 Å². The van der Waals surface area contributed by atoms with Crippen LogP contribution in [0, 0.1) is 0 Å². The Morgan fingerprint density at radius 1 is 0.920 bits per heavy atom. The smallest absolute Gasteiger partial charge is 0.307 e. The molecule has 0 N–H and O–H groups in total. The van der Waals surface area contributed by atoms with E-state index in [9.17, 15) is 14.4 Å². The van der Waals surface area contributed by atoms with Gasteiger partial charge in [0.05, 0.1) is 0 Å². The Hall–Kier alpha value is -1.91. The first-order chi connectivity index (χ1) is 12.0. The minimum atomic E-state index is -0.323. The molecular weight excluding hydrogens is 320 g/mol. The lowest BCUT2D eigenvalue weighted by molar-refractivity contribution is -0.139. The monoisotopic (exact) mass is 350 g/mol. The van der Waals surface area contributed by atoms with Crippen LogP contribution < -0.4 is 0 Å². The lowest BCUT2D eigenvalue weighted by atomic mass is 9.97. The van der Waals surface area contributed by atoms with Gasteiger partial charge in [0.1, 0.15) is 17.8 Å². The third kappa shape index (κ3) is 9.85. The molecule has 0 unspecified atom stereocenters. The molecule has 0 aromatic rings. The quantitative estimate of drug-likeness (QED) is 0.288. The van der Waals surface area contributed by atoms with Gasteiger partial charge in [0.15, 0.2) is 0 Å². The molecule has 0 amide bonds. The molecule has 0 heterocycles. The number of aldehydes is 1. The third-order valence-corrected chi connectivity index (χ3v) is 4.10. The van der Waals surface area contributed by atoms with Gasteiger partial charge in [-0.1, -0.05) is 32.1 Å². The Morgan fingerprint density at radius 2 is 1.52 bits per heavy atom. The highest BCUT2D eigenvalue weighted by Gasteiger charge is 2.18. The maximum atomic E-state index is 11.3. The van der Waals surface area contributed by atoms with Crippen molar-refractivity contribution < 1.29 is 23.9 Å². The molecule has 0 aromatic carbocycles. The van der Waals surface area contributed by atoms with Crippen LogP contribution in [0.4, 0.5) is 0 Å². The Labute approximate surface area is 150 Å². The van der Waals surface area contributed by atoms with Crippen molar-refractivity contribution in [1.82, 2.24) is 0 Å². The van der Waals surface area contributed by atoms with Gasteiger partial charge in [-0.2, -0.15) is 0 Å². The number of ether oxygens (including phenoxy) is 2. The fraction of sp³-hybridized carbons (Fsp3) is 0.650. The number of carbonyl (C=O) groups excluding carboxylic acids is 3. The van der Waals surface area contributed by atoms with Crippen molar-refractivity contribution in [2.75, 3.05) is 0 Å². The van der Waals surface area contributed by atoms with Crippen LogP contribution in [0.3, 0.4) is 0 Å². The molecule has 5 nitrogen and oxygen atoms in total. The molecule has 0 radical (unpaired) electrons. The predicted octanol–water partition coefficient (Wildman–Crippen LogP) is 4.75. The van der Waals surface area contributed by atoms with Crippen molar-refractivity contribution in [2.24, 2.45) is 0 Å². The number of hydrogen-bond acceptors (Lipinski definition) is 5. The van der Waals surface area contributed by atoms with Crippen LogP contribution in [0.25, 0.3) is 0 Å². The number of unbranched alkanes of at least 4 members (excludes halogenated alkanes) is 7. The second-order valence-electron chi connectivity index (χ2n) is 6.43. The van der Waals surface area contributed by atoms with Crippen LogP contribution >= 0.6 is 0 Å². The summed E-state index contributed by atoms with van der Waals surface area (Å²) in [5.41, 5.74) is 0.962. The van der Waals surface area contributed by atoms with Gasteiger partial charge >= 0.3 is 11.9 Å². The molecule has 0 saturated carbocycles. The van der Waals surface area contributed by atoms with Gasteiger partial charge in [-0.15, -0.1) is 0 Å². The molecule has 140 valence electrons. The van der Waals surface area contributed by atoms with Crippen molar-refractivity contribution in [3.8, 4) is 0 Å². The summed E-state index contributed by atoms with van der Waals surface area (Å²) >= 11 is 0. The highest BCUT2D eigenvalue weighted by molar-refractivity contribution is 5.68. The van der Waals surface area contributed by atoms with Crippen LogP contribution in [0.2, 0.25) is 0 Å². The number of rotatable bonds is 12. The van der Waals surface area contributed by atoms with Crippen molar-refractivity contribution >= 4 is 18.2 Å². The lowest BCUT2D eigenvalue weighted by Crippen LogP contribution is -2.09. The minimum absolute atomic E-state index is 0.313. The number of esters is 2. The average molecular weight is 350 g/mol. The zero-order chi connectivity index (χ0) is 18.5. The summed E-state index contributed by atoms with van der Waals surface area (Å²) in [6.45, 7) is 2.79. The first kappa shape index (κ1) is 21.1. The largest absolute Gasteiger partial charge is 0.431 e. The summed E-state index contributed by atoms with van der Waals surface area (Å²) in [6, 6.07) is 0. The zero-order valence-corrected chi connectivity index (χ0v) is 15.5. The number of hydrogen-bond donors (Lipinski definition) is 0. The van der Waals surface area contributed by atoms with Crippen molar-refractivity contribution in [2.45, 2.75) is 84.5 Å². The van der Waals surface area contributed by atoms with Crippen LogP contribution in [0.5, 0.6) is 0 Å². The summed E-state index contributed by atoms with van der Waals surface area (Å²) in [5.74, 6) is 0.717. The topological polar surface area (TPSA) is 69.7 Å². The van der Waals surface area contributed by atoms with Crippen LogP contribution in [0.15, 0.2) is 23.2 Å². The summed E-state index contributed by atoms with van der Waals surface area (Å²) < 4.78 is 10.5. The maximum Gasteiger partial charge on any atom is 0.307 e. The van der Waals surface area contributed by atoms with Gasteiger partial charge < -0.3 is 14.3 Å². The highest BCUT2D eigenvalue weighted by atomic mass is 16.5. The first-order valence-electron chi connectivity index (χ1n) is 9.26. The molecule has 1 rings (SSSR count). The van der Waals surface area contributed by atoms with E-state index >= 15 is 0 Å². The fourth-order valence-corrected chi connectivity index (χ4v) is 2.94. The molecule has 0 bridgehead atoms.